The Morgan fingerprint density at radius 3 is 2.11 bits per heavy atom. The third-order valence-corrected chi connectivity index (χ3v) is 5.66. The fourth-order valence-electron chi connectivity index (χ4n) is 5.40. The molecule has 0 saturated heterocycles. The summed E-state index contributed by atoms with van der Waals surface area (Å²) in [5.74, 6) is 4.35. The lowest BCUT2D eigenvalue weighted by Crippen LogP contribution is -2.52. The van der Waals surface area contributed by atoms with Crippen molar-refractivity contribution in [2.24, 2.45) is 35.3 Å². The lowest BCUT2D eigenvalue weighted by Gasteiger charge is -2.56. The van der Waals surface area contributed by atoms with Crippen molar-refractivity contribution in [2.45, 2.75) is 64.5 Å². The van der Waals surface area contributed by atoms with E-state index >= 15 is 0 Å². The van der Waals surface area contributed by atoms with Crippen molar-refractivity contribution >= 4 is 5.91 Å². The molecule has 3 nitrogen and oxygen atoms in total. The van der Waals surface area contributed by atoms with Crippen molar-refractivity contribution < 1.29 is 4.79 Å². The zero-order chi connectivity index (χ0) is 13.6. The minimum absolute atomic E-state index is 0.0775. The van der Waals surface area contributed by atoms with Crippen LogP contribution >= 0.6 is 0 Å². The summed E-state index contributed by atoms with van der Waals surface area (Å²) in [4.78, 5) is 11.9. The highest BCUT2D eigenvalue weighted by atomic mass is 16.1. The van der Waals surface area contributed by atoms with Crippen molar-refractivity contribution in [3.63, 3.8) is 0 Å². The average molecular weight is 264 g/mol. The first-order valence-electron chi connectivity index (χ1n) is 8.08. The maximum atomic E-state index is 11.9. The lowest BCUT2D eigenvalue weighted by atomic mass is 9.50. The average Bonchev–Trinajstić information content (AvgIpc) is 2.25. The Labute approximate surface area is 116 Å². The van der Waals surface area contributed by atoms with Crippen LogP contribution in [0.15, 0.2) is 0 Å². The van der Waals surface area contributed by atoms with Crippen molar-refractivity contribution in [1.82, 2.24) is 5.32 Å². The van der Waals surface area contributed by atoms with Gasteiger partial charge in [0.25, 0.3) is 0 Å². The second-order valence-electron chi connectivity index (χ2n) is 7.60. The molecule has 0 aromatic rings. The van der Waals surface area contributed by atoms with Gasteiger partial charge in [-0.05, 0) is 75.5 Å². The normalized spacial score (nSPS) is 41.6. The number of hydrogen-bond donors (Lipinski definition) is 2. The molecule has 4 fully saturated rings. The van der Waals surface area contributed by atoms with E-state index in [9.17, 15) is 4.79 Å². The summed E-state index contributed by atoms with van der Waals surface area (Å²) in [6, 6.07) is 0.298. The predicted octanol–water partition coefficient (Wildman–Crippen LogP) is 2.30. The molecule has 3 N–H and O–H groups in total. The van der Waals surface area contributed by atoms with E-state index in [1.54, 1.807) is 0 Å². The Kier molecular flexibility index (Phi) is 3.59. The Bertz CT molecular complexity index is 325. The van der Waals surface area contributed by atoms with E-state index in [-0.39, 0.29) is 18.0 Å². The van der Waals surface area contributed by atoms with Gasteiger partial charge in [0.1, 0.15) is 0 Å². The van der Waals surface area contributed by atoms with Gasteiger partial charge in [-0.3, -0.25) is 4.79 Å². The molecule has 0 spiro atoms. The molecule has 0 aromatic carbocycles. The molecule has 0 aliphatic heterocycles. The van der Waals surface area contributed by atoms with Gasteiger partial charge in [-0.25, -0.2) is 0 Å². The van der Waals surface area contributed by atoms with Crippen molar-refractivity contribution in [1.29, 1.82) is 0 Å². The van der Waals surface area contributed by atoms with Crippen molar-refractivity contribution in [3.8, 4) is 0 Å². The first kappa shape index (κ1) is 13.4. The van der Waals surface area contributed by atoms with Gasteiger partial charge in [-0.15, -0.1) is 0 Å². The zero-order valence-electron chi connectivity index (χ0n) is 12.3. The number of nitrogens with one attached hydrogen (secondary N) is 1. The fraction of sp³-hybridized carbons (Fsp3) is 0.938. The molecule has 4 aliphatic carbocycles. The van der Waals surface area contributed by atoms with Crippen LogP contribution in [0.2, 0.25) is 0 Å². The van der Waals surface area contributed by atoms with Crippen LogP contribution in [-0.2, 0) is 4.79 Å². The van der Waals surface area contributed by atoms with Crippen LogP contribution in [0, 0.1) is 29.6 Å². The first-order chi connectivity index (χ1) is 9.02. The van der Waals surface area contributed by atoms with Crippen molar-refractivity contribution in [2.75, 3.05) is 0 Å². The van der Waals surface area contributed by atoms with Crippen LogP contribution in [0.3, 0.4) is 0 Å². The summed E-state index contributed by atoms with van der Waals surface area (Å²) in [6.45, 7) is 4.01. The van der Waals surface area contributed by atoms with Gasteiger partial charge in [0.15, 0.2) is 0 Å². The molecular formula is C16H28N2O. The summed E-state index contributed by atoms with van der Waals surface area (Å²) >= 11 is 0. The summed E-state index contributed by atoms with van der Waals surface area (Å²) in [5, 5.41) is 2.98. The van der Waals surface area contributed by atoms with Crippen molar-refractivity contribution in [3.05, 3.63) is 0 Å². The molecule has 0 aromatic heterocycles. The van der Waals surface area contributed by atoms with Crippen LogP contribution in [0.1, 0.15) is 52.4 Å². The highest BCUT2D eigenvalue weighted by molar-refractivity contribution is 5.76. The Balaban J connectivity index is 1.61. The standard InChI is InChI=1S/C16H28N2O/c1-9(2)18-15(19)8-14(17)16-12-4-10-3-11(6-12)7-13(16)5-10/h9-14,16H,3-8,17H2,1-2H3,(H,18,19). The number of amides is 1. The van der Waals surface area contributed by atoms with E-state index in [4.69, 9.17) is 5.73 Å². The molecule has 19 heavy (non-hydrogen) atoms. The number of rotatable bonds is 4. The maximum Gasteiger partial charge on any atom is 0.221 e. The van der Waals surface area contributed by atoms with Gasteiger partial charge in [0, 0.05) is 18.5 Å². The Morgan fingerprint density at radius 1 is 1.11 bits per heavy atom. The van der Waals surface area contributed by atoms with Gasteiger partial charge < -0.3 is 11.1 Å². The van der Waals surface area contributed by atoms with E-state index in [0.29, 0.717) is 12.3 Å². The van der Waals surface area contributed by atoms with Gasteiger partial charge in [0.2, 0.25) is 5.91 Å². The quantitative estimate of drug-likeness (QED) is 0.818. The van der Waals surface area contributed by atoms with Crippen LogP contribution in [0.5, 0.6) is 0 Å². The fourth-order valence-corrected chi connectivity index (χ4v) is 5.40. The summed E-state index contributed by atoms with van der Waals surface area (Å²) < 4.78 is 0. The molecular weight excluding hydrogens is 236 g/mol. The number of carbonyl (C=O) groups excluding carboxylic acids is 1. The Morgan fingerprint density at radius 2 is 1.63 bits per heavy atom. The molecule has 1 unspecified atom stereocenters. The second kappa shape index (κ2) is 5.08. The summed E-state index contributed by atoms with van der Waals surface area (Å²) in [7, 11) is 0. The zero-order valence-corrected chi connectivity index (χ0v) is 12.3. The first-order valence-corrected chi connectivity index (χ1v) is 8.08. The Hall–Kier alpha value is -0.570. The minimum Gasteiger partial charge on any atom is -0.354 e. The third kappa shape index (κ3) is 2.67. The van der Waals surface area contributed by atoms with Crippen LogP contribution in [0.25, 0.3) is 0 Å². The minimum atomic E-state index is 0.0775. The molecule has 4 saturated carbocycles. The largest absolute Gasteiger partial charge is 0.354 e. The van der Waals surface area contributed by atoms with Gasteiger partial charge >= 0.3 is 0 Å². The number of carbonyl (C=O) groups is 1. The molecule has 1 atom stereocenters. The third-order valence-electron chi connectivity index (χ3n) is 5.66. The van der Waals surface area contributed by atoms with Gasteiger partial charge in [-0.2, -0.15) is 0 Å². The van der Waals surface area contributed by atoms with Gasteiger partial charge in [0.05, 0.1) is 0 Å². The molecule has 4 aliphatic rings. The van der Waals surface area contributed by atoms with E-state index in [1.807, 2.05) is 13.8 Å². The van der Waals surface area contributed by atoms with E-state index in [0.717, 1.165) is 23.7 Å². The van der Waals surface area contributed by atoms with Crippen LogP contribution in [-0.4, -0.2) is 18.0 Å². The summed E-state index contributed by atoms with van der Waals surface area (Å²) in [6.07, 6.45) is 7.54. The molecule has 108 valence electrons. The highest BCUT2D eigenvalue weighted by Gasteiger charge is 2.49. The molecule has 4 bridgehead atoms. The van der Waals surface area contributed by atoms with E-state index in [2.05, 4.69) is 5.32 Å². The predicted molar refractivity (Wildman–Crippen MR) is 76.4 cm³/mol. The maximum absolute atomic E-state index is 11.9. The molecule has 3 heteroatoms. The highest BCUT2D eigenvalue weighted by Crippen LogP contribution is 2.57. The van der Waals surface area contributed by atoms with Gasteiger partial charge in [-0.1, -0.05) is 0 Å². The molecule has 0 heterocycles. The van der Waals surface area contributed by atoms with Crippen LogP contribution in [0.4, 0.5) is 0 Å². The smallest absolute Gasteiger partial charge is 0.221 e. The van der Waals surface area contributed by atoms with E-state index in [1.165, 1.54) is 32.1 Å². The van der Waals surface area contributed by atoms with E-state index < -0.39 is 0 Å². The monoisotopic (exact) mass is 264 g/mol. The SMILES string of the molecule is CC(C)NC(=O)CC(N)C1C2CC3CC(C2)CC1C3. The lowest BCUT2D eigenvalue weighted by molar-refractivity contribution is -0.123. The second-order valence-corrected chi connectivity index (χ2v) is 7.60. The number of hydrogen-bond acceptors (Lipinski definition) is 2. The molecule has 0 radical (unpaired) electrons. The summed E-state index contributed by atoms with van der Waals surface area (Å²) in [5.41, 5.74) is 6.41. The topological polar surface area (TPSA) is 55.1 Å². The molecule has 1 amide bonds. The molecule has 4 rings (SSSR count). The van der Waals surface area contributed by atoms with Crippen LogP contribution < -0.4 is 11.1 Å². The number of nitrogens with two attached hydrogens (primary N) is 1.